The molecule has 17 heavy (non-hydrogen) atoms. The van der Waals surface area contributed by atoms with Crippen molar-refractivity contribution in [2.45, 2.75) is 16.1 Å². The number of rotatable bonds is 0. The Labute approximate surface area is 118 Å². The fourth-order valence-electron chi connectivity index (χ4n) is 2.37. The van der Waals surface area contributed by atoms with Gasteiger partial charge in [-0.1, -0.05) is 74.3 Å². The number of halogens is 2. The fraction of sp³-hybridized carbons (Fsp3) is 0.200. The molecule has 1 radical (unpaired) electrons. The van der Waals surface area contributed by atoms with Gasteiger partial charge in [0.25, 0.3) is 0 Å². The van der Waals surface area contributed by atoms with Crippen molar-refractivity contribution in [3.05, 3.63) is 70.8 Å². The highest BCUT2D eigenvalue weighted by atomic mass is 79.9. The molecule has 85 valence electrons. The lowest BCUT2D eigenvalue weighted by atomic mass is 10.0. The first-order valence-electron chi connectivity index (χ1n) is 5.63. The molecule has 2 heteroatoms. The molecular weight excluding hydrogens is 340 g/mol. The Hall–Kier alpha value is -0.600. The normalized spacial score (nSPS) is 22.5. The molecule has 0 aromatic heterocycles. The van der Waals surface area contributed by atoms with Gasteiger partial charge in [0.05, 0.1) is 9.65 Å². The SMILES string of the molecule is BrC1c2[c]cccc2Cc2ccccc2C1Br. The highest BCUT2D eigenvalue weighted by Gasteiger charge is 2.27. The van der Waals surface area contributed by atoms with Crippen molar-refractivity contribution in [1.29, 1.82) is 0 Å². The van der Waals surface area contributed by atoms with Crippen LogP contribution in [0, 0.1) is 6.07 Å². The maximum atomic E-state index is 3.81. The van der Waals surface area contributed by atoms with Crippen LogP contribution in [0.5, 0.6) is 0 Å². The number of fused-ring (bicyclic) bond motifs is 2. The summed E-state index contributed by atoms with van der Waals surface area (Å²) < 4.78 is 0. The van der Waals surface area contributed by atoms with Crippen LogP contribution in [0.2, 0.25) is 0 Å². The molecule has 0 amide bonds. The lowest BCUT2D eigenvalue weighted by Crippen LogP contribution is -1.99. The minimum absolute atomic E-state index is 0.280. The highest BCUT2D eigenvalue weighted by molar-refractivity contribution is 9.12. The zero-order valence-electron chi connectivity index (χ0n) is 9.16. The molecule has 0 nitrogen and oxygen atoms in total. The smallest absolute Gasteiger partial charge is 0.0570 e. The average molecular weight is 351 g/mol. The lowest BCUT2D eigenvalue weighted by molar-refractivity contribution is 0.941. The van der Waals surface area contributed by atoms with E-state index in [-0.39, 0.29) is 4.83 Å². The van der Waals surface area contributed by atoms with Crippen LogP contribution >= 0.6 is 31.9 Å². The summed E-state index contributed by atoms with van der Waals surface area (Å²) in [4.78, 5) is 0.584. The first-order chi connectivity index (χ1) is 8.27. The van der Waals surface area contributed by atoms with Crippen molar-refractivity contribution < 1.29 is 0 Å². The van der Waals surface area contributed by atoms with Crippen LogP contribution in [0.1, 0.15) is 31.9 Å². The summed E-state index contributed by atoms with van der Waals surface area (Å²) in [6.07, 6.45) is 0.993. The second-order valence-electron chi connectivity index (χ2n) is 4.29. The minimum Gasteiger partial charge on any atom is -0.0823 e. The van der Waals surface area contributed by atoms with Gasteiger partial charge in [-0.05, 0) is 34.7 Å². The van der Waals surface area contributed by atoms with Crippen molar-refractivity contribution >= 4 is 31.9 Å². The third kappa shape index (κ3) is 1.98. The van der Waals surface area contributed by atoms with Crippen molar-refractivity contribution in [2.75, 3.05) is 0 Å². The number of alkyl halides is 2. The second-order valence-corrected chi connectivity index (χ2v) is 6.26. The third-order valence-corrected chi connectivity index (χ3v) is 5.96. The van der Waals surface area contributed by atoms with E-state index >= 15 is 0 Å². The fourth-order valence-corrected chi connectivity index (χ4v) is 3.79. The number of hydrogen-bond acceptors (Lipinski definition) is 0. The Balaban J connectivity index is 2.20. The number of benzene rings is 2. The Morgan fingerprint density at radius 1 is 0.941 bits per heavy atom. The van der Waals surface area contributed by atoms with E-state index in [4.69, 9.17) is 0 Å². The summed E-state index contributed by atoms with van der Waals surface area (Å²) >= 11 is 7.60. The van der Waals surface area contributed by atoms with Gasteiger partial charge < -0.3 is 0 Å². The van der Waals surface area contributed by atoms with E-state index in [2.05, 4.69) is 74.3 Å². The highest BCUT2D eigenvalue weighted by Crippen LogP contribution is 2.47. The largest absolute Gasteiger partial charge is 0.0823 e. The summed E-state index contributed by atoms with van der Waals surface area (Å²) in [5.41, 5.74) is 5.41. The van der Waals surface area contributed by atoms with Gasteiger partial charge >= 0.3 is 0 Å². The molecule has 1 aliphatic carbocycles. The lowest BCUT2D eigenvalue weighted by Gasteiger charge is -2.17. The molecule has 2 atom stereocenters. The summed E-state index contributed by atoms with van der Waals surface area (Å²) in [5.74, 6) is 0. The molecule has 0 bridgehead atoms. The van der Waals surface area contributed by atoms with E-state index < -0.39 is 0 Å². The van der Waals surface area contributed by atoms with Gasteiger partial charge in [0, 0.05) is 0 Å². The van der Waals surface area contributed by atoms with E-state index in [1.165, 1.54) is 22.3 Å². The molecule has 2 aromatic carbocycles. The Bertz CT molecular complexity index is 499. The van der Waals surface area contributed by atoms with Gasteiger partial charge in [0.1, 0.15) is 0 Å². The van der Waals surface area contributed by atoms with Crippen LogP contribution in [0.25, 0.3) is 0 Å². The molecule has 0 aliphatic heterocycles. The van der Waals surface area contributed by atoms with Gasteiger partial charge in [-0.25, -0.2) is 0 Å². The van der Waals surface area contributed by atoms with Crippen molar-refractivity contribution in [3.63, 3.8) is 0 Å². The van der Waals surface area contributed by atoms with Crippen LogP contribution in [0.3, 0.4) is 0 Å². The number of hydrogen-bond donors (Lipinski definition) is 0. The minimum atomic E-state index is 0.280. The zero-order chi connectivity index (χ0) is 11.8. The van der Waals surface area contributed by atoms with E-state index in [0.717, 1.165) is 6.42 Å². The first-order valence-corrected chi connectivity index (χ1v) is 7.46. The van der Waals surface area contributed by atoms with Crippen LogP contribution in [-0.2, 0) is 6.42 Å². The zero-order valence-corrected chi connectivity index (χ0v) is 12.3. The summed E-state index contributed by atoms with van der Waals surface area (Å²) in [6.45, 7) is 0. The maximum Gasteiger partial charge on any atom is 0.0570 e. The molecule has 2 aromatic rings. The van der Waals surface area contributed by atoms with Crippen LogP contribution < -0.4 is 0 Å². The summed E-state index contributed by atoms with van der Waals surface area (Å²) in [6, 6.07) is 18.2. The van der Waals surface area contributed by atoms with Gasteiger partial charge in [0.2, 0.25) is 0 Å². The topological polar surface area (TPSA) is 0 Å². The maximum absolute atomic E-state index is 3.81. The Morgan fingerprint density at radius 2 is 1.71 bits per heavy atom. The van der Waals surface area contributed by atoms with E-state index in [1.54, 1.807) is 0 Å². The quantitative estimate of drug-likeness (QED) is 0.589. The molecule has 1 aliphatic rings. The van der Waals surface area contributed by atoms with Crippen molar-refractivity contribution in [2.24, 2.45) is 0 Å². The van der Waals surface area contributed by atoms with Gasteiger partial charge in [-0.2, -0.15) is 0 Å². The van der Waals surface area contributed by atoms with Crippen LogP contribution in [-0.4, -0.2) is 0 Å². The first kappa shape index (κ1) is 11.5. The molecule has 0 heterocycles. The Morgan fingerprint density at radius 3 is 2.59 bits per heavy atom. The predicted molar refractivity (Wildman–Crippen MR) is 77.9 cm³/mol. The van der Waals surface area contributed by atoms with Crippen LogP contribution in [0.4, 0.5) is 0 Å². The van der Waals surface area contributed by atoms with Gasteiger partial charge in [0.15, 0.2) is 0 Å². The van der Waals surface area contributed by atoms with Crippen LogP contribution in [0.15, 0.2) is 42.5 Å². The van der Waals surface area contributed by atoms with Gasteiger partial charge in [-0.3, -0.25) is 0 Å². The molecular formula is C15H11Br2. The molecule has 2 unspecified atom stereocenters. The monoisotopic (exact) mass is 349 g/mol. The standard InChI is InChI=1S/C15H11Br2/c16-14-12-7-3-1-5-10(12)9-11-6-2-4-8-13(11)15(14)17/h1-7,14-15H,9H2. The van der Waals surface area contributed by atoms with Crippen molar-refractivity contribution in [1.82, 2.24) is 0 Å². The van der Waals surface area contributed by atoms with E-state index in [9.17, 15) is 0 Å². The molecule has 0 fully saturated rings. The summed E-state index contributed by atoms with van der Waals surface area (Å²) in [7, 11) is 0. The summed E-state index contributed by atoms with van der Waals surface area (Å²) in [5, 5.41) is 0. The molecule has 0 saturated carbocycles. The van der Waals surface area contributed by atoms with Gasteiger partial charge in [-0.15, -0.1) is 0 Å². The average Bonchev–Trinajstić information content (AvgIpc) is 2.48. The van der Waals surface area contributed by atoms with E-state index in [1.807, 2.05) is 6.07 Å². The molecule has 0 saturated heterocycles. The predicted octanol–water partition coefficient (Wildman–Crippen LogP) is 4.96. The second kappa shape index (κ2) is 4.58. The molecule has 0 spiro atoms. The molecule has 0 N–H and O–H groups in total. The van der Waals surface area contributed by atoms with E-state index in [0.29, 0.717) is 4.83 Å². The third-order valence-electron chi connectivity index (χ3n) is 3.24. The molecule has 3 rings (SSSR count). The van der Waals surface area contributed by atoms with Crippen molar-refractivity contribution in [3.8, 4) is 0 Å². The Kier molecular flexibility index (Phi) is 3.10.